The van der Waals surface area contributed by atoms with E-state index in [-0.39, 0.29) is 11.7 Å². The smallest absolute Gasteiger partial charge is 0.328 e. The lowest BCUT2D eigenvalue weighted by Crippen LogP contribution is -2.14. The van der Waals surface area contributed by atoms with Crippen molar-refractivity contribution in [1.29, 1.82) is 0 Å². The maximum absolute atomic E-state index is 12.1. The van der Waals surface area contributed by atoms with Gasteiger partial charge in [0, 0.05) is 28.4 Å². The molecule has 0 spiro atoms. The first-order chi connectivity index (χ1) is 12.8. The van der Waals surface area contributed by atoms with Crippen LogP contribution >= 0.6 is 11.8 Å². The van der Waals surface area contributed by atoms with Gasteiger partial charge in [0.2, 0.25) is 11.8 Å². The molecule has 2 amide bonds. The average molecular weight is 384 g/mol. The Balaban J connectivity index is 1.83. The monoisotopic (exact) mass is 384 g/mol. The van der Waals surface area contributed by atoms with E-state index in [1.807, 2.05) is 32.0 Å². The lowest BCUT2D eigenvalue weighted by atomic mass is 10.1. The number of amides is 2. The third-order valence-electron chi connectivity index (χ3n) is 3.66. The van der Waals surface area contributed by atoms with Crippen LogP contribution in [0.5, 0.6) is 0 Å². The average Bonchev–Trinajstić information content (AvgIpc) is 2.62. The Hall–Kier alpha value is -3.06. The van der Waals surface area contributed by atoms with Crippen LogP contribution in [0.1, 0.15) is 11.1 Å². The number of carbonyl (C=O) groups is 3. The Morgan fingerprint density at radius 1 is 0.926 bits per heavy atom. The maximum Gasteiger partial charge on any atom is 0.328 e. The maximum atomic E-state index is 12.1. The van der Waals surface area contributed by atoms with E-state index in [1.165, 1.54) is 17.3 Å². The Kier molecular flexibility index (Phi) is 7.19. The van der Waals surface area contributed by atoms with E-state index in [2.05, 4.69) is 10.6 Å². The number of aryl methyl sites for hydroxylation is 2. The fourth-order valence-corrected chi connectivity index (χ4v) is 2.83. The SMILES string of the molecule is Cc1ccc(NC(=O)CSc2ccc(NC(=O)/C=C/C(=O)O)cc2)cc1C. The van der Waals surface area contributed by atoms with Gasteiger partial charge in [-0.15, -0.1) is 11.8 Å². The van der Waals surface area contributed by atoms with E-state index in [1.54, 1.807) is 24.3 Å². The predicted molar refractivity (Wildman–Crippen MR) is 107 cm³/mol. The zero-order valence-corrected chi connectivity index (χ0v) is 15.8. The van der Waals surface area contributed by atoms with Crippen molar-refractivity contribution in [3.63, 3.8) is 0 Å². The first-order valence-electron chi connectivity index (χ1n) is 8.15. The first-order valence-corrected chi connectivity index (χ1v) is 9.14. The van der Waals surface area contributed by atoms with Crippen LogP contribution in [0.25, 0.3) is 0 Å². The molecule has 0 fully saturated rings. The van der Waals surface area contributed by atoms with Crippen molar-refractivity contribution in [3.8, 4) is 0 Å². The van der Waals surface area contributed by atoms with Crippen LogP contribution in [-0.2, 0) is 14.4 Å². The minimum Gasteiger partial charge on any atom is -0.478 e. The second kappa shape index (κ2) is 9.59. The summed E-state index contributed by atoms with van der Waals surface area (Å²) in [5.41, 5.74) is 3.61. The molecule has 0 aliphatic carbocycles. The van der Waals surface area contributed by atoms with Gasteiger partial charge in [0.1, 0.15) is 0 Å². The number of rotatable bonds is 7. The summed E-state index contributed by atoms with van der Waals surface area (Å²) in [6.07, 6.45) is 1.72. The number of anilines is 2. The highest BCUT2D eigenvalue weighted by Gasteiger charge is 2.05. The van der Waals surface area contributed by atoms with Gasteiger partial charge in [0.05, 0.1) is 5.75 Å². The Morgan fingerprint density at radius 3 is 2.22 bits per heavy atom. The summed E-state index contributed by atoms with van der Waals surface area (Å²) < 4.78 is 0. The zero-order chi connectivity index (χ0) is 19.8. The summed E-state index contributed by atoms with van der Waals surface area (Å²) in [4.78, 5) is 34.8. The summed E-state index contributed by atoms with van der Waals surface area (Å²) in [6, 6.07) is 12.7. The van der Waals surface area contributed by atoms with Crippen LogP contribution in [0.2, 0.25) is 0 Å². The van der Waals surface area contributed by atoms with E-state index >= 15 is 0 Å². The fraction of sp³-hybridized carbons (Fsp3) is 0.150. The normalized spacial score (nSPS) is 10.6. The molecule has 0 bridgehead atoms. The number of nitrogens with one attached hydrogen (secondary N) is 2. The molecule has 0 saturated heterocycles. The molecule has 140 valence electrons. The van der Waals surface area contributed by atoms with Gasteiger partial charge < -0.3 is 15.7 Å². The topological polar surface area (TPSA) is 95.5 Å². The number of hydrogen-bond acceptors (Lipinski definition) is 4. The Labute approximate surface area is 161 Å². The summed E-state index contributed by atoms with van der Waals surface area (Å²) >= 11 is 1.38. The fourth-order valence-electron chi connectivity index (χ4n) is 2.13. The molecule has 2 rings (SSSR count). The van der Waals surface area contributed by atoms with Crippen molar-refractivity contribution >= 4 is 40.9 Å². The van der Waals surface area contributed by atoms with Gasteiger partial charge in [-0.3, -0.25) is 9.59 Å². The molecule has 7 heteroatoms. The van der Waals surface area contributed by atoms with E-state index in [9.17, 15) is 14.4 Å². The molecule has 2 aromatic carbocycles. The number of benzene rings is 2. The lowest BCUT2D eigenvalue weighted by Gasteiger charge is -2.08. The molecule has 0 unspecified atom stereocenters. The molecule has 2 aromatic rings. The molecular formula is C20H20N2O4S. The van der Waals surface area contributed by atoms with Crippen molar-refractivity contribution in [2.24, 2.45) is 0 Å². The molecule has 0 aromatic heterocycles. The van der Waals surface area contributed by atoms with Crippen LogP contribution in [0.15, 0.2) is 59.5 Å². The summed E-state index contributed by atoms with van der Waals surface area (Å²) in [6.45, 7) is 4.02. The largest absolute Gasteiger partial charge is 0.478 e. The van der Waals surface area contributed by atoms with Crippen LogP contribution in [0, 0.1) is 13.8 Å². The zero-order valence-electron chi connectivity index (χ0n) is 15.0. The van der Waals surface area contributed by atoms with Crippen LogP contribution in [0.3, 0.4) is 0 Å². The molecule has 6 nitrogen and oxygen atoms in total. The second-order valence-corrected chi connectivity index (χ2v) is 6.87. The molecule has 0 saturated carbocycles. The van der Waals surface area contributed by atoms with Crippen LogP contribution in [-0.4, -0.2) is 28.6 Å². The molecule has 27 heavy (non-hydrogen) atoms. The molecule has 0 aliphatic heterocycles. The summed E-state index contributed by atoms with van der Waals surface area (Å²) in [5.74, 6) is -1.54. The lowest BCUT2D eigenvalue weighted by molar-refractivity contribution is -0.131. The van der Waals surface area contributed by atoms with Gasteiger partial charge in [0.25, 0.3) is 0 Å². The van der Waals surface area contributed by atoms with Gasteiger partial charge in [-0.1, -0.05) is 6.07 Å². The van der Waals surface area contributed by atoms with Crippen LogP contribution < -0.4 is 10.6 Å². The van der Waals surface area contributed by atoms with Gasteiger partial charge in [-0.2, -0.15) is 0 Å². The highest BCUT2D eigenvalue weighted by atomic mass is 32.2. The number of hydrogen-bond donors (Lipinski definition) is 3. The number of carboxylic acids is 1. The molecule has 0 atom stereocenters. The molecular weight excluding hydrogens is 364 g/mol. The van der Waals surface area contributed by atoms with Crippen molar-refractivity contribution in [2.75, 3.05) is 16.4 Å². The van der Waals surface area contributed by atoms with E-state index < -0.39 is 11.9 Å². The Morgan fingerprint density at radius 2 is 1.59 bits per heavy atom. The molecule has 3 N–H and O–H groups in total. The molecule has 0 aliphatic rings. The molecule has 0 radical (unpaired) electrons. The number of carbonyl (C=O) groups excluding carboxylic acids is 2. The summed E-state index contributed by atoms with van der Waals surface area (Å²) in [5, 5.41) is 13.9. The van der Waals surface area contributed by atoms with Gasteiger partial charge in [0.15, 0.2) is 0 Å². The number of thioether (sulfide) groups is 1. The number of aliphatic carboxylic acids is 1. The van der Waals surface area contributed by atoms with Gasteiger partial charge in [-0.05, 0) is 61.4 Å². The van der Waals surface area contributed by atoms with Crippen molar-refractivity contribution in [3.05, 3.63) is 65.7 Å². The quantitative estimate of drug-likeness (QED) is 0.501. The van der Waals surface area contributed by atoms with Crippen molar-refractivity contribution in [2.45, 2.75) is 18.7 Å². The Bertz CT molecular complexity index is 876. The van der Waals surface area contributed by atoms with Crippen molar-refractivity contribution < 1.29 is 19.5 Å². The third-order valence-corrected chi connectivity index (χ3v) is 4.67. The second-order valence-electron chi connectivity index (χ2n) is 5.82. The minimum atomic E-state index is -1.18. The van der Waals surface area contributed by atoms with Crippen molar-refractivity contribution in [1.82, 2.24) is 0 Å². The van der Waals surface area contributed by atoms with Gasteiger partial charge >= 0.3 is 5.97 Å². The van der Waals surface area contributed by atoms with Gasteiger partial charge in [-0.25, -0.2) is 4.79 Å². The van der Waals surface area contributed by atoms with E-state index in [4.69, 9.17) is 5.11 Å². The van der Waals surface area contributed by atoms with E-state index in [0.29, 0.717) is 5.69 Å². The number of carboxylic acid groups (broad SMARTS) is 1. The third kappa shape index (κ3) is 6.99. The highest BCUT2D eigenvalue weighted by molar-refractivity contribution is 8.00. The summed E-state index contributed by atoms with van der Waals surface area (Å²) in [7, 11) is 0. The first kappa shape index (κ1) is 20.3. The highest BCUT2D eigenvalue weighted by Crippen LogP contribution is 2.21. The minimum absolute atomic E-state index is 0.0977. The molecule has 0 heterocycles. The van der Waals surface area contributed by atoms with E-state index in [0.717, 1.165) is 28.3 Å². The standard InChI is InChI=1S/C20H20N2O4S/c1-13-3-4-16(11-14(13)2)22-19(24)12-27-17-7-5-15(6-8-17)21-18(23)9-10-20(25)26/h3-11H,12H2,1-2H3,(H,21,23)(H,22,24)(H,25,26)/b10-9+. The van der Waals surface area contributed by atoms with Crippen LogP contribution in [0.4, 0.5) is 11.4 Å². The predicted octanol–water partition coefficient (Wildman–Crippen LogP) is 3.61.